The highest BCUT2D eigenvalue weighted by atomic mass is 16.2. The standard InChI is InChI=1S/C16H20N2O2/c19-14(12-13-4-2-1-3-5-13)18-11-8-16(15(18)20)6-9-17-10-7-16/h1-5,17H,6-12H2. The summed E-state index contributed by atoms with van der Waals surface area (Å²) in [5.74, 6) is -0.00320. The van der Waals surface area contributed by atoms with Crippen molar-refractivity contribution < 1.29 is 9.59 Å². The van der Waals surface area contributed by atoms with Crippen molar-refractivity contribution >= 4 is 11.8 Å². The van der Waals surface area contributed by atoms with Gasteiger partial charge in [-0.2, -0.15) is 0 Å². The summed E-state index contributed by atoms with van der Waals surface area (Å²) in [6.45, 7) is 2.35. The largest absolute Gasteiger partial charge is 0.317 e. The molecule has 2 amide bonds. The van der Waals surface area contributed by atoms with Crippen LogP contribution < -0.4 is 5.32 Å². The smallest absolute Gasteiger partial charge is 0.235 e. The van der Waals surface area contributed by atoms with E-state index in [1.807, 2.05) is 30.3 Å². The molecule has 0 unspecified atom stereocenters. The lowest BCUT2D eigenvalue weighted by Gasteiger charge is -2.31. The van der Waals surface area contributed by atoms with Crippen LogP contribution >= 0.6 is 0 Å². The molecule has 2 aliphatic rings. The van der Waals surface area contributed by atoms with Crippen LogP contribution in [0.1, 0.15) is 24.8 Å². The van der Waals surface area contributed by atoms with Crippen molar-refractivity contribution in [3.63, 3.8) is 0 Å². The van der Waals surface area contributed by atoms with Gasteiger partial charge in [0, 0.05) is 6.54 Å². The third kappa shape index (κ3) is 2.36. The average molecular weight is 272 g/mol. The first-order chi connectivity index (χ1) is 9.71. The second-order valence-corrected chi connectivity index (χ2v) is 5.79. The first kappa shape index (κ1) is 13.3. The number of rotatable bonds is 2. The molecule has 0 radical (unpaired) electrons. The van der Waals surface area contributed by atoms with Gasteiger partial charge in [0.15, 0.2) is 0 Å². The molecule has 2 aliphatic heterocycles. The molecular weight excluding hydrogens is 252 g/mol. The molecule has 4 heteroatoms. The van der Waals surface area contributed by atoms with Crippen molar-refractivity contribution in [1.29, 1.82) is 0 Å². The van der Waals surface area contributed by atoms with Crippen LogP contribution in [0.25, 0.3) is 0 Å². The van der Waals surface area contributed by atoms with Gasteiger partial charge in [0.05, 0.1) is 11.8 Å². The maximum atomic E-state index is 12.6. The van der Waals surface area contributed by atoms with Crippen LogP contribution in [0.3, 0.4) is 0 Å². The van der Waals surface area contributed by atoms with E-state index in [-0.39, 0.29) is 17.2 Å². The van der Waals surface area contributed by atoms with Crippen LogP contribution in [-0.2, 0) is 16.0 Å². The van der Waals surface area contributed by atoms with E-state index in [0.717, 1.165) is 37.9 Å². The van der Waals surface area contributed by atoms with E-state index in [4.69, 9.17) is 0 Å². The molecule has 1 spiro atoms. The quantitative estimate of drug-likeness (QED) is 0.884. The fourth-order valence-electron chi connectivity index (χ4n) is 3.29. The molecule has 1 aromatic carbocycles. The van der Waals surface area contributed by atoms with Gasteiger partial charge >= 0.3 is 0 Å². The summed E-state index contributed by atoms with van der Waals surface area (Å²) in [5, 5.41) is 3.28. The van der Waals surface area contributed by atoms with Gasteiger partial charge in [0.2, 0.25) is 11.8 Å². The van der Waals surface area contributed by atoms with E-state index in [2.05, 4.69) is 5.32 Å². The fraction of sp³-hybridized carbons (Fsp3) is 0.500. The molecule has 0 bridgehead atoms. The minimum absolute atomic E-state index is 0.0555. The van der Waals surface area contributed by atoms with E-state index in [1.54, 1.807) is 0 Å². The molecule has 0 atom stereocenters. The molecule has 0 saturated carbocycles. The topological polar surface area (TPSA) is 49.4 Å². The lowest BCUT2D eigenvalue weighted by Crippen LogP contribution is -2.44. The minimum Gasteiger partial charge on any atom is -0.317 e. The van der Waals surface area contributed by atoms with E-state index >= 15 is 0 Å². The van der Waals surface area contributed by atoms with Crippen molar-refractivity contribution in [2.24, 2.45) is 5.41 Å². The van der Waals surface area contributed by atoms with E-state index in [1.165, 1.54) is 4.90 Å². The van der Waals surface area contributed by atoms with Gasteiger partial charge in [0.25, 0.3) is 0 Å². The summed E-state index contributed by atoms with van der Waals surface area (Å²) in [4.78, 5) is 26.4. The Labute approximate surface area is 119 Å². The highest BCUT2D eigenvalue weighted by Gasteiger charge is 2.48. The first-order valence-corrected chi connectivity index (χ1v) is 7.31. The summed E-state index contributed by atoms with van der Waals surface area (Å²) >= 11 is 0. The lowest BCUT2D eigenvalue weighted by molar-refractivity contribution is -0.146. The third-order valence-corrected chi connectivity index (χ3v) is 4.57. The molecule has 2 fully saturated rings. The number of hydrogen-bond acceptors (Lipinski definition) is 3. The Bertz CT molecular complexity index is 506. The van der Waals surface area contributed by atoms with Crippen LogP contribution in [0.15, 0.2) is 30.3 Å². The number of carbonyl (C=O) groups is 2. The van der Waals surface area contributed by atoms with Crippen molar-refractivity contribution in [3.05, 3.63) is 35.9 Å². The second kappa shape index (κ2) is 5.37. The zero-order chi connectivity index (χ0) is 14.0. The number of imide groups is 1. The number of piperidine rings is 1. The molecule has 0 aromatic heterocycles. The molecule has 1 aromatic rings. The Morgan fingerprint density at radius 1 is 1.15 bits per heavy atom. The molecule has 4 nitrogen and oxygen atoms in total. The fourth-order valence-corrected chi connectivity index (χ4v) is 3.29. The van der Waals surface area contributed by atoms with Crippen LogP contribution in [0.2, 0.25) is 0 Å². The Morgan fingerprint density at radius 3 is 2.55 bits per heavy atom. The molecule has 20 heavy (non-hydrogen) atoms. The molecule has 2 heterocycles. The summed E-state index contributed by atoms with van der Waals surface area (Å²) in [7, 11) is 0. The van der Waals surface area contributed by atoms with Crippen molar-refractivity contribution in [3.8, 4) is 0 Å². The number of benzene rings is 1. The van der Waals surface area contributed by atoms with Crippen molar-refractivity contribution in [1.82, 2.24) is 10.2 Å². The Hall–Kier alpha value is -1.68. The van der Waals surface area contributed by atoms with E-state index < -0.39 is 0 Å². The Kier molecular flexibility index (Phi) is 3.57. The normalized spacial score (nSPS) is 21.4. The summed E-state index contributed by atoms with van der Waals surface area (Å²) in [5.41, 5.74) is 0.703. The number of carbonyl (C=O) groups excluding carboxylic acids is 2. The van der Waals surface area contributed by atoms with Crippen LogP contribution in [0.4, 0.5) is 0 Å². The van der Waals surface area contributed by atoms with Gasteiger partial charge in [-0.1, -0.05) is 30.3 Å². The summed E-state index contributed by atoms with van der Waals surface area (Å²) < 4.78 is 0. The van der Waals surface area contributed by atoms with Crippen molar-refractivity contribution in [2.75, 3.05) is 19.6 Å². The van der Waals surface area contributed by atoms with Crippen LogP contribution in [0, 0.1) is 5.41 Å². The van der Waals surface area contributed by atoms with E-state index in [9.17, 15) is 9.59 Å². The van der Waals surface area contributed by atoms with Gasteiger partial charge in [-0.05, 0) is 37.9 Å². The summed E-state index contributed by atoms with van der Waals surface area (Å²) in [6, 6.07) is 9.63. The number of likely N-dealkylation sites (tertiary alicyclic amines) is 1. The van der Waals surface area contributed by atoms with E-state index in [0.29, 0.717) is 13.0 Å². The highest BCUT2D eigenvalue weighted by molar-refractivity contribution is 6.00. The van der Waals surface area contributed by atoms with Crippen molar-refractivity contribution in [2.45, 2.75) is 25.7 Å². The third-order valence-electron chi connectivity index (χ3n) is 4.57. The number of hydrogen-bond donors (Lipinski definition) is 1. The first-order valence-electron chi connectivity index (χ1n) is 7.31. The summed E-state index contributed by atoms with van der Waals surface area (Å²) in [6.07, 6.45) is 2.87. The van der Waals surface area contributed by atoms with Gasteiger partial charge in [-0.25, -0.2) is 0 Å². The molecular formula is C16H20N2O2. The molecule has 1 N–H and O–H groups in total. The lowest BCUT2D eigenvalue weighted by atomic mass is 9.78. The van der Waals surface area contributed by atoms with Gasteiger partial charge in [-0.15, -0.1) is 0 Å². The maximum absolute atomic E-state index is 12.6. The van der Waals surface area contributed by atoms with Gasteiger partial charge < -0.3 is 5.32 Å². The molecule has 3 rings (SSSR count). The Morgan fingerprint density at radius 2 is 1.85 bits per heavy atom. The second-order valence-electron chi connectivity index (χ2n) is 5.79. The van der Waals surface area contributed by atoms with Gasteiger partial charge in [0.1, 0.15) is 0 Å². The SMILES string of the molecule is O=C(Cc1ccccc1)N1CCC2(CCNCC2)C1=O. The number of amides is 2. The zero-order valence-electron chi connectivity index (χ0n) is 11.6. The number of nitrogens with zero attached hydrogens (tertiary/aromatic N) is 1. The Balaban J connectivity index is 1.69. The maximum Gasteiger partial charge on any atom is 0.235 e. The molecule has 2 saturated heterocycles. The van der Waals surface area contributed by atoms with Crippen LogP contribution in [-0.4, -0.2) is 36.3 Å². The predicted octanol–water partition coefficient (Wildman–Crippen LogP) is 1.36. The highest BCUT2D eigenvalue weighted by Crippen LogP contribution is 2.39. The molecule has 106 valence electrons. The predicted molar refractivity (Wildman–Crippen MR) is 76.0 cm³/mol. The zero-order valence-corrected chi connectivity index (χ0v) is 11.6. The minimum atomic E-state index is -0.266. The van der Waals surface area contributed by atoms with Crippen LogP contribution in [0.5, 0.6) is 0 Å². The number of nitrogens with one attached hydrogen (secondary N) is 1. The van der Waals surface area contributed by atoms with Gasteiger partial charge in [-0.3, -0.25) is 14.5 Å². The molecule has 0 aliphatic carbocycles. The monoisotopic (exact) mass is 272 g/mol. The average Bonchev–Trinajstić information content (AvgIpc) is 2.78.